The van der Waals surface area contributed by atoms with Crippen LogP contribution in [0.25, 0.3) is 6.08 Å². The molecule has 0 unspecified atom stereocenters. The average molecular weight is 295 g/mol. The summed E-state index contributed by atoms with van der Waals surface area (Å²) in [5.41, 5.74) is 1.90. The number of nitrogens with zero attached hydrogens (tertiary/aromatic N) is 1. The maximum Gasteiger partial charge on any atom is 0.250 e. The summed E-state index contributed by atoms with van der Waals surface area (Å²) in [6.45, 7) is 2.77. The molecule has 0 fully saturated rings. The number of ether oxygens (including phenoxy) is 1. The van der Waals surface area contributed by atoms with E-state index >= 15 is 0 Å². The fourth-order valence-corrected chi connectivity index (χ4v) is 2.17. The molecule has 0 bridgehead atoms. The van der Waals surface area contributed by atoms with E-state index in [0.29, 0.717) is 6.54 Å². The van der Waals surface area contributed by atoms with Crippen LogP contribution in [0.2, 0.25) is 0 Å². The summed E-state index contributed by atoms with van der Waals surface area (Å²) in [5, 5.41) is 0. The Bertz CT molecular complexity index is 618. The molecule has 0 aliphatic carbocycles. The van der Waals surface area contributed by atoms with E-state index in [9.17, 15) is 4.79 Å². The number of hydrogen-bond acceptors (Lipinski definition) is 2. The lowest BCUT2D eigenvalue weighted by molar-refractivity contribution is -0.114. The molecule has 1 amide bonds. The van der Waals surface area contributed by atoms with Gasteiger partial charge in [0.2, 0.25) is 0 Å². The summed E-state index contributed by atoms with van der Waals surface area (Å²) in [7, 11) is 1.64. The quantitative estimate of drug-likeness (QED) is 0.749. The molecule has 0 saturated carbocycles. The summed E-state index contributed by atoms with van der Waals surface area (Å²) in [4.78, 5) is 14.2. The number of benzene rings is 2. The number of anilines is 1. The van der Waals surface area contributed by atoms with E-state index in [4.69, 9.17) is 4.74 Å². The van der Waals surface area contributed by atoms with Gasteiger partial charge in [-0.15, -0.1) is 0 Å². The Hall–Kier alpha value is -2.55. The van der Waals surface area contributed by atoms with Crippen LogP contribution in [0.5, 0.6) is 5.75 Å². The fourth-order valence-electron chi connectivity index (χ4n) is 2.17. The van der Waals surface area contributed by atoms with Crippen LogP contribution in [-0.4, -0.2) is 19.6 Å². The summed E-state index contributed by atoms with van der Waals surface area (Å²) in [6, 6.07) is 17.4. The lowest BCUT2D eigenvalue weighted by Crippen LogP contribution is -2.29. The van der Waals surface area contributed by atoms with Crippen molar-refractivity contribution in [1.29, 1.82) is 0 Å². The topological polar surface area (TPSA) is 29.5 Å². The van der Waals surface area contributed by atoms with Crippen molar-refractivity contribution < 1.29 is 9.53 Å². The van der Waals surface area contributed by atoms with Crippen LogP contribution in [0.1, 0.15) is 18.9 Å². The van der Waals surface area contributed by atoms with Crippen molar-refractivity contribution in [1.82, 2.24) is 0 Å². The Kier molecular flexibility index (Phi) is 5.78. The van der Waals surface area contributed by atoms with Crippen LogP contribution in [0.15, 0.2) is 60.7 Å². The third-order valence-electron chi connectivity index (χ3n) is 3.32. The van der Waals surface area contributed by atoms with E-state index in [2.05, 4.69) is 6.92 Å². The normalized spacial score (nSPS) is 10.6. The summed E-state index contributed by atoms with van der Waals surface area (Å²) in [5.74, 6) is 0.796. The van der Waals surface area contributed by atoms with Crippen LogP contribution < -0.4 is 9.64 Å². The van der Waals surface area contributed by atoms with E-state index < -0.39 is 0 Å². The molecule has 0 atom stereocenters. The van der Waals surface area contributed by atoms with Crippen LogP contribution in [0, 0.1) is 0 Å². The van der Waals surface area contributed by atoms with Crippen molar-refractivity contribution in [2.45, 2.75) is 13.3 Å². The van der Waals surface area contributed by atoms with E-state index in [1.807, 2.05) is 60.7 Å². The highest BCUT2D eigenvalue weighted by molar-refractivity contribution is 6.03. The van der Waals surface area contributed by atoms with Gasteiger partial charge in [0.25, 0.3) is 5.91 Å². The Labute approximate surface area is 131 Å². The number of methoxy groups -OCH3 is 1. The predicted molar refractivity (Wildman–Crippen MR) is 91.1 cm³/mol. The molecule has 0 radical (unpaired) electrons. The van der Waals surface area contributed by atoms with E-state index in [1.165, 1.54) is 0 Å². The third-order valence-corrected chi connectivity index (χ3v) is 3.32. The molecular weight excluding hydrogens is 274 g/mol. The molecule has 0 aromatic heterocycles. The van der Waals surface area contributed by atoms with Gasteiger partial charge in [-0.3, -0.25) is 4.79 Å². The molecule has 22 heavy (non-hydrogen) atoms. The van der Waals surface area contributed by atoms with Crippen LogP contribution in [0.3, 0.4) is 0 Å². The number of para-hydroxylation sites is 1. The highest BCUT2D eigenvalue weighted by atomic mass is 16.5. The molecular formula is C19H21NO2. The zero-order valence-corrected chi connectivity index (χ0v) is 13.0. The zero-order valence-electron chi connectivity index (χ0n) is 13.0. The first-order valence-electron chi connectivity index (χ1n) is 7.43. The molecule has 0 aliphatic rings. The zero-order chi connectivity index (χ0) is 15.8. The smallest absolute Gasteiger partial charge is 0.250 e. The van der Waals surface area contributed by atoms with E-state index in [-0.39, 0.29) is 5.91 Å². The fraction of sp³-hybridized carbons (Fsp3) is 0.211. The molecule has 3 heteroatoms. The minimum atomic E-state index is -0.0103. The van der Waals surface area contributed by atoms with Gasteiger partial charge in [0, 0.05) is 18.3 Å². The Morgan fingerprint density at radius 3 is 2.36 bits per heavy atom. The van der Waals surface area contributed by atoms with Crippen molar-refractivity contribution in [2.24, 2.45) is 0 Å². The molecule has 0 aliphatic heterocycles. The van der Waals surface area contributed by atoms with E-state index in [1.54, 1.807) is 18.1 Å². The number of amides is 1. The second-order valence-corrected chi connectivity index (χ2v) is 4.93. The SMILES string of the molecule is CCCN(C(=O)/C=C/c1ccc(OC)cc1)c1ccccc1. The van der Waals surface area contributed by atoms with Gasteiger partial charge in [0.1, 0.15) is 5.75 Å². The maximum atomic E-state index is 12.4. The predicted octanol–water partition coefficient (Wildman–Crippen LogP) is 4.15. The molecule has 2 aromatic rings. The van der Waals surface area contributed by atoms with Gasteiger partial charge in [-0.05, 0) is 42.3 Å². The first-order valence-corrected chi connectivity index (χ1v) is 7.43. The lowest BCUT2D eigenvalue weighted by Gasteiger charge is -2.20. The van der Waals surface area contributed by atoms with Crippen LogP contribution >= 0.6 is 0 Å². The van der Waals surface area contributed by atoms with Gasteiger partial charge in [0.15, 0.2) is 0 Å². The Morgan fingerprint density at radius 2 is 1.77 bits per heavy atom. The Balaban J connectivity index is 2.11. The standard InChI is InChI=1S/C19H21NO2/c1-3-15-20(17-7-5-4-6-8-17)19(21)14-11-16-9-12-18(22-2)13-10-16/h4-14H,3,15H2,1-2H3/b14-11+. The van der Waals surface area contributed by atoms with Crippen LogP contribution in [0.4, 0.5) is 5.69 Å². The first-order chi connectivity index (χ1) is 10.7. The largest absolute Gasteiger partial charge is 0.497 e. The molecule has 0 heterocycles. The highest BCUT2D eigenvalue weighted by Crippen LogP contribution is 2.16. The summed E-state index contributed by atoms with van der Waals surface area (Å²) < 4.78 is 5.12. The second kappa shape index (κ2) is 8.03. The molecule has 2 rings (SSSR count). The van der Waals surface area contributed by atoms with Crippen molar-refractivity contribution in [3.63, 3.8) is 0 Å². The number of hydrogen-bond donors (Lipinski definition) is 0. The number of carbonyl (C=O) groups is 1. The Morgan fingerprint density at radius 1 is 1.09 bits per heavy atom. The van der Waals surface area contributed by atoms with Gasteiger partial charge in [-0.1, -0.05) is 37.3 Å². The first kappa shape index (κ1) is 15.8. The lowest BCUT2D eigenvalue weighted by atomic mass is 10.2. The molecule has 3 nitrogen and oxygen atoms in total. The molecule has 114 valence electrons. The van der Waals surface area contributed by atoms with Gasteiger partial charge >= 0.3 is 0 Å². The molecule has 2 aromatic carbocycles. The van der Waals surface area contributed by atoms with E-state index in [0.717, 1.165) is 23.4 Å². The van der Waals surface area contributed by atoms with Gasteiger partial charge in [0.05, 0.1) is 7.11 Å². The van der Waals surface area contributed by atoms with Crippen molar-refractivity contribution in [3.05, 3.63) is 66.2 Å². The van der Waals surface area contributed by atoms with Gasteiger partial charge in [-0.2, -0.15) is 0 Å². The van der Waals surface area contributed by atoms with Gasteiger partial charge in [-0.25, -0.2) is 0 Å². The van der Waals surface area contributed by atoms with Crippen LogP contribution in [-0.2, 0) is 4.79 Å². The van der Waals surface area contributed by atoms with Crippen molar-refractivity contribution in [3.8, 4) is 5.75 Å². The maximum absolute atomic E-state index is 12.4. The monoisotopic (exact) mass is 295 g/mol. The minimum absolute atomic E-state index is 0.0103. The van der Waals surface area contributed by atoms with Gasteiger partial charge < -0.3 is 9.64 Å². The second-order valence-electron chi connectivity index (χ2n) is 4.93. The number of carbonyl (C=O) groups excluding carboxylic acids is 1. The average Bonchev–Trinajstić information content (AvgIpc) is 2.58. The number of rotatable bonds is 6. The molecule has 0 N–H and O–H groups in total. The minimum Gasteiger partial charge on any atom is -0.497 e. The third kappa shape index (κ3) is 4.22. The summed E-state index contributed by atoms with van der Waals surface area (Å²) >= 11 is 0. The molecule has 0 saturated heterocycles. The van der Waals surface area contributed by atoms with Crippen molar-refractivity contribution >= 4 is 17.7 Å². The van der Waals surface area contributed by atoms with Crippen molar-refractivity contribution in [2.75, 3.05) is 18.6 Å². The molecule has 0 spiro atoms. The highest BCUT2D eigenvalue weighted by Gasteiger charge is 2.11. The summed E-state index contributed by atoms with van der Waals surface area (Å²) in [6.07, 6.45) is 4.36.